The van der Waals surface area contributed by atoms with E-state index < -0.39 is 6.23 Å². The molecule has 1 aromatic heterocycles. The summed E-state index contributed by atoms with van der Waals surface area (Å²) in [5.74, 6) is 0.249. The molecular weight excluding hydrogens is 394 g/mol. The van der Waals surface area contributed by atoms with Crippen LogP contribution in [0.25, 0.3) is 11.3 Å². The van der Waals surface area contributed by atoms with Crippen molar-refractivity contribution in [2.45, 2.75) is 13.2 Å². The molecule has 0 amide bonds. The quantitative estimate of drug-likeness (QED) is 0.320. The van der Waals surface area contributed by atoms with Crippen molar-refractivity contribution in [3.8, 4) is 17.0 Å². The summed E-state index contributed by atoms with van der Waals surface area (Å²) in [7, 11) is 5.16. The highest BCUT2D eigenvalue weighted by molar-refractivity contribution is 6.04. The minimum atomic E-state index is -0.695. The predicted octanol–water partition coefficient (Wildman–Crippen LogP) is 3.38. The standard InChI is InChI=1S/C23H25N5O3/c1-14-20(22(25)31-21(24)16-9-11-18(30-4)12-10-16)27-19(13-26-14)15-5-7-17(8-6-15)23(29)28(2)3/h5-13,23-25,29H,1-4H3. The number of ether oxygens (including phenoxy) is 2. The van der Waals surface area contributed by atoms with Gasteiger partial charge in [-0.3, -0.25) is 20.7 Å². The molecule has 8 heteroatoms. The van der Waals surface area contributed by atoms with E-state index in [2.05, 4.69) is 9.97 Å². The lowest BCUT2D eigenvalue weighted by molar-refractivity contribution is 0.0395. The normalized spacial score (nSPS) is 11.8. The third-order valence-electron chi connectivity index (χ3n) is 4.72. The summed E-state index contributed by atoms with van der Waals surface area (Å²) < 4.78 is 10.5. The number of aromatic nitrogens is 2. The minimum absolute atomic E-state index is 0.165. The zero-order valence-electron chi connectivity index (χ0n) is 17.9. The van der Waals surface area contributed by atoms with Gasteiger partial charge in [-0.15, -0.1) is 0 Å². The molecule has 0 aliphatic heterocycles. The van der Waals surface area contributed by atoms with E-state index in [9.17, 15) is 5.11 Å². The molecule has 0 bridgehead atoms. The van der Waals surface area contributed by atoms with Crippen LogP contribution < -0.4 is 4.74 Å². The van der Waals surface area contributed by atoms with Crippen LogP contribution in [-0.2, 0) is 4.74 Å². The highest BCUT2D eigenvalue weighted by atomic mass is 16.5. The van der Waals surface area contributed by atoms with Gasteiger partial charge < -0.3 is 14.6 Å². The third kappa shape index (κ3) is 5.11. The second kappa shape index (κ2) is 9.46. The van der Waals surface area contributed by atoms with E-state index in [4.69, 9.17) is 20.3 Å². The Balaban J connectivity index is 1.80. The molecule has 1 heterocycles. The SMILES string of the molecule is COc1ccc(C(=N)OC(=N)c2nc(-c3ccc(C(O)N(C)C)cc3)cnc2C)cc1. The molecule has 3 N–H and O–H groups in total. The Morgan fingerprint density at radius 3 is 2.23 bits per heavy atom. The largest absolute Gasteiger partial charge is 0.497 e. The van der Waals surface area contributed by atoms with E-state index in [-0.39, 0.29) is 17.5 Å². The van der Waals surface area contributed by atoms with Crippen LogP contribution in [0.2, 0.25) is 0 Å². The van der Waals surface area contributed by atoms with E-state index in [0.29, 0.717) is 22.7 Å². The Morgan fingerprint density at radius 1 is 1.00 bits per heavy atom. The molecule has 1 unspecified atom stereocenters. The molecule has 0 aliphatic rings. The van der Waals surface area contributed by atoms with Crippen molar-refractivity contribution < 1.29 is 14.6 Å². The average molecular weight is 419 g/mol. The number of aryl methyl sites for hydroxylation is 1. The predicted molar refractivity (Wildman–Crippen MR) is 119 cm³/mol. The van der Waals surface area contributed by atoms with Gasteiger partial charge in [0.25, 0.3) is 0 Å². The van der Waals surface area contributed by atoms with Crippen molar-refractivity contribution in [2.24, 2.45) is 0 Å². The molecular formula is C23H25N5O3. The third-order valence-corrected chi connectivity index (χ3v) is 4.72. The van der Waals surface area contributed by atoms with Gasteiger partial charge in [0, 0.05) is 11.1 Å². The second-order valence-electron chi connectivity index (χ2n) is 7.14. The van der Waals surface area contributed by atoms with Crippen molar-refractivity contribution in [1.82, 2.24) is 14.9 Å². The number of hydrogen-bond acceptors (Lipinski definition) is 8. The van der Waals surface area contributed by atoms with Crippen LogP contribution >= 0.6 is 0 Å². The number of benzene rings is 2. The van der Waals surface area contributed by atoms with Gasteiger partial charge in [-0.1, -0.05) is 24.3 Å². The maximum absolute atomic E-state index is 10.1. The summed E-state index contributed by atoms with van der Waals surface area (Å²) >= 11 is 0. The average Bonchev–Trinajstić information content (AvgIpc) is 2.78. The summed E-state index contributed by atoms with van der Waals surface area (Å²) in [6.45, 7) is 1.73. The molecule has 0 saturated heterocycles. The van der Waals surface area contributed by atoms with Gasteiger partial charge in [-0.05, 0) is 50.8 Å². The summed E-state index contributed by atoms with van der Waals surface area (Å²) in [5.41, 5.74) is 3.42. The first-order valence-corrected chi connectivity index (χ1v) is 9.58. The van der Waals surface area contributed by atoms with E-state index in [1.165, 1.54) is 0 Å². The monoisotopic (exact) mass is 419 g/mol. The summed E-state index contributed by atoms with van der Waals surface area (Å²) in [4.78, 5) is 10.6. The Bertz CT molecular complexity index is 1080. The highest BCUT2D eigenvalue weighted by Gasteiger charge is 2.16. The van der Waals surface area contributed by atoms with Crippen molar-refractivity contribution in [1.29, 1.82) is 10.8 Å². The second-order valence-corrected chi connectivity index (χ2v) is 7.14. The molecule has 1 atom stereocenters. The molecule has 160 valence electrons. The van der Waals surface area contributed by atoms with Gasteiger partial charge in [0.05, 0.1) is 24.7 Å². The Labute approximate surface area is 181 Å². The lowest BCUT2D eigenvalue weighted by Gasteiger charge is -2.18. The molecule has 2 aromatic carbocycles. The van der Waals surface area contributed by atoms with E-state index in [1.54, 1.807) is 63.5 Å². The van der Waals surface area contributed by atoms with Crippen LogP contribution in [0.1, 0.15) is 28.7 Å². The van der Waals surface area contributed by atoms with E-state index in [0.717, 1.165) is 11.1 Å². The molecule has 0 spiro atoms. The smallest absolute Gasteiger partial charge is 0.241 e. The van der Waals surface area contributed by atoms with Crippen LogP contribution in [0, 0.1) is 17.7 Å². The Hall–Kier alpha value is -3.62. The van der Waals surface area contributed by atoms with Gasteiger partial charge >= 0.3 is 0 Å². The van der Waals surface area contributed by atoms with Crippen LogP contribution in [0.15, 0.2) is 54.7 Å². The molecule has 0 radical (unpaired) electrons. The fraction of sp³-hybridized carbons (Fsp3) is 0.217. The summed E-state index contributed by atoms with van der Waals surface area (Å²) in [5, 5.41) is 26.6. The number of aliphatic hydroxyl groups excluding tert-OH is 1. The first-order chi connectivity index (χ1) is 14.8. The van der Waals surface area contributed by atoms with Crippen molar-refractivity contribution in [3.63, 3.8) is 0 Å². The maximum atomic E-state index is 10.1. The molecule has 31 heavy (non-hydrogen) atoms. The number of aliphatic hydroxyl groups is 1. The van der Waals surface area contributed by atoms with Gasteiger partial charge in [0.1, 0.15) is 17.7 Å². The number of nitrogens with zero attached hydrogens (tertiary/aromatic N) is 3. The van der Waals surface area contributed by atoms with E-state index in [1.807, 2.05) is 24.3 Å². The molecule has 8 nitrogen and oxygen atoms in total. The first-order valence-electron chi connectivity index (χ1n) is 9.58. The molecule has 0 saturated carbocycles. The number of methoxy groups -OCH3 is 1. The molecule has 3 aromatic rings. The zero-order valence-corrected chi connectivity index (χ0v) is 17.9. The Kier molecular flexibility index (Phi) is 6.74. The Morgan fingerprint density at radius 2 is 1.65 bits per heavy atom. The minimum Gasteiger partial charge on any atom is -0.497 e. The molecule has 0 fully saturated rings. The maximum Gasteiger partial charge on any atom is 0.241 e. The fourth-order valence-electron chi connectivity index (χ4n) is 2.88. The fourth-order valence-corrected chi connectivity index (χ4v) is 2.88. The lowest BCUT2D eigenvalue weighted by atomic mass is 10.1. The highest BCUT2D eigenvalue weighted by Crippen LogP contribution is 2.22. The van der Waals surface area contributed by atoms with Gasteiger partial charge in [0.15, 0.2) is 0 Å². The van der Waals surface area contributed by atoms with Crippen LogP contribution in [0.4, 0.5) is 0 Å². The topological polar surface area (TPSA) is 115 Å². The molecule has 0 aliphatic carbocycles. The van der Waals surface area contributed by atoms with Crippen LogP contribution in [0.5, 0.6) is 5.75 Å². The van der Waals surface area contributed by atoms with Crippen molar-refractivity contribution in [3.05, 3.63) is 77.2 Å². The van der Waals surface area contributed by atoms with Crippen LogP contribution in [0.3, 0.4) is 0 Å². The zero-order chi connectivity index (χ0) is 22.5. The van der Waals surface area contributed by atoms with Gasteiger partial charge in [0.2, 0.25) is 11.8 Å². The van der Waals surface area contributed by atoms with Crippen molar-refractivity contribution in [2.75, 3.05) is 21.2 Å². The van der Waals surface area contributed by atoms with Gasteiger partial charge in [-0.25, -0.2) is 4.98 Å². The van der Waals surface area contributed by atoms with Gasteiger partial charge in [-0.2, -0.15) is 0 Å². The number of hydrogen-bond donors (Lipinski definition) is 3. The molecule has 3 rings (SSSR count). The van der Waals surface area contributed by atoms with Crippen LogP contribution in [-0.4, -0.2) is 53.0 Å². The lowest BCUT2D eigenvalue weighted by Crippen LogP contribution is -2.19. The number of rotatable bonds is 6. The summed E-state index contributed by atoms with van der Waals surface area (Å²) in [6, 6.07) is 14.1. The summed E-state index contributed by atoms with van der Waals surface area (Å²) in [6.07, 6.45) is 0.928. The first kappa shape index (κ1) is 22.1. The van der Waals surface area contributed by atoms with E-state index >= 15 is 0 Å². The number of nitrogens with one attached hydrogen (secondary N) is 2. The van der Waals surface area contributed by atoms with Crippen molar-refractivity contribution >= 4 is 11.8 Å².